The van der Waals surface area contributed by atoms with E-state index in [1.54, 1.807) is 0 Å². The van der Waals surface area contributed by atoms with Gasteiger partial charge in [0.1, 0.15) is 0 Å². The van der Waals surface area contributed by atoms with E-state index < -0.39 is 0 Å². The average molecular weight is 341 g/mol. The molecule has 1 aromatic carbocycles. The molecular formula is C25H40. The van der Waals surface area contributed by atoms with Gasteiger partial charge in [-0.3, -0.25) is 0 Å². The largest absolute Gasteiger partial charge is 0.0996 e. The first-order chi connectivity index (χ1) is 12.0. The van der Waals surface area contributed by atoms with Crippen molar-refractivity contribution in [2.24, 2.45) is 23.7 Å². The second kappa shape index (κ2) is 9.60. The van der Waals surface area contributed by atoms with Crippen LogP contribution in [0, 0.1) is 23.7 Å². The molecule has 2 rings (SSSR count). The molecule has 4 unspecified atom stereocenters. The molecule has 0 spiro atoms. The Labute approximate surface area is 157 Å². The highest BCUT2D eigenvalue weighted by Crippen LogP contribution is 2.45. The molecule has 4 atom stereocenters. The first-order valence-corrected chi connectivity index (χ1v) is 10.7. The molecular weight excluding hydrogens is 300 g/mol. The molecule has 0 amide bonds. The van der Waals surface area contributed by atoms with Gasteiger partial charge in [0.25, 0.3) is 0 Å². The molecule has 0 saturated heterocycles. The van der Waals surface area contributed by atoms with E-state index in [9.17, 15) is 0 Å². The van der Waals surface area contributed by atoms with Crippen molar-refractivity contribution in [3.8, 4) is 0 Å². The Balaban J connectivity index is 1.95. The lowest BCUT2D eigenvalue weighted by atomic mass is 9.79. The van der Waals surface area contributed by atoms with Gasteiger partial charge >= 0.3 is 0 Å². The van der Waals surface area contributed by atoms with Crippen LogP contribution in [0.25, 0.3) is 0 Å². The van der Waals surface area contributed by atoms with Crippen LogP contribution in [0.2, 0.25) is 0 Å². The van der Waals surface area contributed by atoms with E-state index in [1.165, 1.54) is 55.2 Å². The van der Waals surface area contributed by atoms with Crippen molar-refractivity contribution in [2.45, 2.75) is 85.5 Å². The van der Waals surface area contributed by atoms with Gasteiger partial charge in [-0.05, 0) is 85.7 Å². The third-order valence-corrected chi connectivity index (χ3v) is 6.71. The van der Waals surface area contributed by atoms with Gasteiger partial charge in [-0.15, -0.1) is 0 Å². The first-order valence-electron chi connectivity index (χ1n) is 10.7. The van der Waals surface area contributed by atoms with Gasteiger partial charge in [0.2, 0.25) is 0 Å². The van der Waals surface area contributed by atoms with E-state index in [-0.39, 0.29) is 0 Å². The van der Waals surface area contributed by atoms with Gasteiger partial charge in [-0.1, -0.05) is 71.0 Å². The molecule has 1 saturated carbocycles. The van der Waals surface area contributed by atoms with Gasteiger partial charge in [0, 0.05) is 0 Å². The zero-order chi connectivity index (χ0) is 18.4. The molecule has 1 aromatic rings. The lowest BCUT2D eigenvalue weighted by Crippen LogP contribution is -2.15. The highest BCUT2D eigenvalue weighted by Gasteiger charge is 2.34. The molecule has 0 N–H and O–H groups in total. The van der Waals surface area contributed by atoms with Crippen LogP contribution in [0.1, 0.15) is 90.2 Å². The lowest BCUT2D eigenvalue weighted by Gasteiger charge is -2.26. The summed E-state index contributed by atoms with van der Waals surface area (Å²) in [5.74, 6) is 3.95. The summed E-state index contributed by atoms with van der Waals surface area (Å²) in [5.41, 5.74) is 4.52. The van der Waals surface area contributed by atoms with Crippen molar-refractivity contribution >= 4 is 0 Å². The Kier molecular flexibility index (Phi) is 7.79. The van der Waals surface area contributed by atoms with Gasteiger partial charge in [0.05, 0.1) is 0 Å². The minimum Gasteiger partial charge on any atom is -0.0996 e. The van der Waals surface area contributed by atoms with Gasteiger partial charge in [-0.2, -0.15) is 0 Å². The van der Waals surface area contributed by atoms with E-state index in [4.69, 9.17) is 0 Å². The maximum Gasteiger partial charge on any atom is -0.0162 e. The summed E-state index contributed by atoms with van der Waals surface area (Å²) in [6.45, 7) is 16.2. The third kappa shape index (κ3) is 5.47. The number of hydrogen-bond donors (Lipinski definition) is 0. The van der Waals surface area contributed by atoms with E-state index in [1.807, 2.05) is 0 Å². The Bertz CT molecular complexity index is 521. The maximum absolute atomic E-state index is 4.49. The summed E-state index contributed by atoms with van der Waals surface area (Å²) in [6.07, 6.45) is 9.13. The quantitative estimate of drug-likeness (QED) is 0.402. The number of rotatable bonds is 9. The Morgan fingerprint density at radius 2 is 1.68 bits per heavy atom. The highest BCUT2D eigenvalue weighted by molar-refractivity contribution is 5.25. The van der Waals surface area contributed by atoms with E-state index in [0.29, 0.717) is 5.92 Å². The molecule has 0 heteroatoms. The smallest absolute Gasteiger partial charge is 0.0162 e. The summed E-state index contributed by atoms with van der Waals surface area (Å²) in [6, 6.07) is 9.38. The molecule has 1 aliphatic rings. The topological polar surface area (TPSA) is 0 Å². The fraction of sp³-hybridized carbons (Fsp3) is 0.680. The van der Waals surface area contributed by atoms with Crippen LogP contribution in [-0.4, -0.2) is 0 Å². The average Bonchev–Trinajstić information content (AvgIpc) is 3.09. The monoisotopic (exact) mass is 340 g/mol. The molecule has 1 aliphatic carbocycles. The van der Waals surface area contributed by atoms with Crippen molar-refractivity contribution in [3.63, 3.8) is 0 Å². The van der Waals surface area contributed by atoms with Crippen LogP contribution in [-0.2, 0) is 6.42 Å². The molecule has 1 fully saturated rings. The summed E-state index contributed by atoms with van der Waals surface area (Å²) in [4.78, 5) is 0. The molecule has 140 valence electrons. The van der Waals surface area contributed by atoms with Crippen LogP contribution < -0.4 is 0 Å². The van der Waals surface area contributed by atoms with Crippen LogP contribution >= 0.6 is 0 Å². The SMILES string of the molecule is C=C(CCC(C)C)C(CC)C1CCC(C(C)c2ccc(CC)cc2)C1. The van der Waals surface area contributed by atoms with Crippen LogP contribution in [0.5, 0.6) is 0 Å². The predicted molar refractivity (Wildman–Crippen MR) is 112 cm³/mol. The van der Waals surface area contributed by atoms with Gasteiger partial charge in [0.15, 0.2) is 0 Å². The van der Waals surface area contributed by atoms with Gasteiger partial charge < -0.3 is 0 Å². The van der Waals surface area contributed by atoms with Crippen molar-refractivity contribution in [1.29, 1.82) is 0 Å². The fourth-order valence-electron chi connectivity index (χ4n) is 4.82. The highest BCUT2D eigenvalue weighted by atomic mass is 14.4. The second-order valence-corrected chi connectivity index (χ2v) is 8.82. The molecule has 0 heterocycles. The van der Waals surface area contributed by atoms with Crippen molar-refractivity contribution < 1.29 is 0 Å². The van der Waals surface area contributed by atoms with E-state index >= 15 is 0 Å². The van der Waals surface area contributed by atoms with E-state index in [2.05, 4.69) is 65.5 Å². The third-order valence-electron chi connectivity index (χ3n) is 6.71. The molecule has 25 heavy (non-hydrogen) atoms. The van der Waals surface area contributed by atoms with Crippen LogP contribution in [0.4, 0.5) is 0 Å². The summed E-state index contributed by atoms with van der Waals surface area (Å²) in [5, 5.41) is 0. The normalized spacial score (nSPS) is 23.0. The Hall–Kier alpha value is -1.04. The zero-order valence-electron chi connectivity index (χ0n) is 17.4. The number of aryl methyl sites for hydroxylation is 1. The second-order valence-electron chi connectivity index (χ2n) is 8.82. The lowest BCUT2D eigenvalue weighted by molar-refractivity contribution is 0.341. The standard InChI is InChI=1S/C25H40/c1-7-21-11-13-22(14-12-21)20(6)23-15-16-24(17-23)25(8-2)19(5)10-9-18(3)4/h11-14,18,20,23-25H,5,7-10,15-17H2,1-4,6H3. The van der Waals surface area contributed by atoms with E-state index in [0.717, 1.165) is 30.1 Å². The van der Waals surface area contributed by atoms with Crippen LogP contribution in [0.15, 0.2) is 36.4 Å². The van der Waals surface area contributed by atoms with Crippen LogP contribution in [0.3, 0.4) is 0 Å². The molecule has 0 aliphatic heterocycles. The molecule has 0 nitrogen and oxygen atoms in total. The summed E-state index contributed by atoms with van der Waals surface area (Å²) < 4.78 is 0. The predicted octanol–water partition coefficient (Wildman–Crippen LogP) is 7.79. The van der Waals surface area contributed by atoms with Gasteiger partial charge in [-0.25, -0.2) is 0 Å². The number of benzene rings is 1. The minimum absolute atomic E-state index is 0.692. The van der Waals surface area contributed by atoms with Crippen molar-refractivity contribution in [1.82, 2.24) is 0 Å². The summed E-state index contributed by atoms with van der Waals surface area (Å²) >= 11 is 0. The zero-order valence-corrected chi connectivity index (χ0v) is 17.4. The number of allylic oxidation sites excluding steroid dienone is 1. The number of hydrogen-bond acceptors (Lipinski definition) is 0. The Morgan fingerprint density at radius 3 is 2.24 bits per heavy atom. The molecule has 0 radical (unpaired) electrons. The minimum atomic E-state index is 0.692. The summed E-state index contributed by atoms with van der Waals surface area (Å²) in [7, 11) is 0. The van der Waals surface area contributed by atoms with Crippen molar-refractivity contribution in [2.75, 3.05) is 0 Å². The van der Waals surface area contributed by atoms with Crippen molar-refractivity contribution in [3.05, 3.63) is 47.5 Å². The molecule has 0 bridgehead atoms. The fourth-order valence-corrected chi connectivity index (χ4v) is 4.82. The maximum atomic E-state index is 4.49. The first kappa shape index (κ1) is 20.3. The molecule has 0 aromatic heterocycles. The Morgan fingerprint density at radius 1 is 1.04 bits per heavy atom.